The molecule has 0 aliphatic rings. The van der Waals surface area contributed by atoms with E-state index in [1.165, 1.54) is 0 Å². The van der Waals surface area contributed by atoms with Crippen LogP contribution in [0.1, 0.15) is 35.9 Å². The van der Waals surface area contributed by atoms with Gasteiger partial charge in [-0.15, -0.1) is 0 Å². The molecule has 122 valence electrons. The lowest BCUT2D eigenvalue weighted by Gasteiger charge is -2.21. The predicted molar refractivity (Wildman–Crippen MR) is 87.1 cm³/mol. The van der Waals surface area contributed by atoms with E-state index >= 15 is 0 Å². The SMILES string of the molecule is CCCCN(CC(=O)Nc1cc(C)on1)C(=O)c1ccccc1. The number of nitrogens with zero attached hydrogens (tertiary/aromatic N) is 2. The molecule has 0 bridgehead atoms. The van der Waals surface area contributed by atoms with Gasteiger partial charge in [-0.2, -0.15) is 0 Å². The Morgan fingerprint density at radius 2 is 2.00 bits per heavy atom. The molecule has 0 saturated carbocycles. The summed E-state index contributed by atoms with van der Waals surface area (Å²) in [6.07, 6.45) is 1.79. The molecule has 1 aromatic heterocycles. The highest BCUT2D eigenvalue weighted by molar-refractivity contribution is 5.99. The molecule has 0 saturated heterocycles. The lowest BCUT2D eigenvalue weighted by atomic mass is 10.2. The van der Waals surface area contributed by atoms with Crippen LogP contribution in [0.15, 0.2) is 40.9 Å². The van der Waals surface area contributed by atoms with Crippen molar-refractivity contribution in [1.29, 1.82) is 0 Å². The normalized spacial score (nSPS) is 10.3. The Kier molecular flexibility index (Phi) is 5.91. The van der Waals surface area contributed by atoms with Crippen molar-refractivity contribution < 1.29 is 14.1 Å². The standard InChI is InChI=1S/C17H21N3O3/c1-3-4-10-20(17(22)14-8-6-5-7-9-14)12-16(21)18-15-11-13(2)23-19-15/h5-9,11H,3-4,10,12H2,1-2H3,(H,18,19,21). The highest BCUT2D eigenvalue weighted by Gasteiger charge is 2.18. The van der Waals surface area contributed by atoms with Gasteiger partial charge in [0.25, 0.3) is 5.91 Å². The molecular formula is C17H21N3O3. The van der Waals surface area contributed by atoms with Gasteiger partial charge in [0.15, 0.2) is 5.82 Å². The van der Waals surface area contributed by atoms with Crippen LogP contribution in [-0.2, 0) is 4.79 Å². The van der Waals surface area contributed by atoms with Crippen LogP contribution in [0.5, 0.6) is 0 Å². The van der Waals surface area contributed by atoms with E-state index in [2.05, 4.69) is 10.5 Å². The van der Waals surface area contributed by atoms with Gasteiger partial charge in [0.05, 0.1) is 0 Å². The van der Waals surface area contributed by atoms with Crippen molar-refractivity contribution in [2.45, 2.75) is 26.7 Å². The van der Waals surface area contributed by atoms with Crippen molar-refractivity contribution in [2.24, 2.45) is 0 Å². The van der Waals surface area contributed by atoms with Gasteiger partial charge in [-0.1, -0.05) is 36.7 Å². The number of amides is 2. The van der Waals surface area contributed by atoms with Crippen LogP contribution in [0.2, 0.25) is 0 Å². The fourth-order valence-corrected chi connectivity index (χ4v) is 2.15. The van der Waals surface area contributed by atoms with Crippen LogP contribution in [0.25, 0.3) is 0 Å². The summed E-state index contributed by atoms with van der Waals surface area (Å²) < 4.78 is 4.91. The maximum absolute atomic E-state index is 12.6. The quantitative estimate of drug-likeness (QED) is 0.852. The summed E-state index contributed by atoms with van der Waals surface area (Å²) in [5, 5.41) is 6.36. The van der Waals surface area contributed by atoms with Crippen LogP contribution in [0, 0.1) is 6.92 Å². The molecule has 0 radical (unpaired) electrons. The lowest BCUT2D eigenvalue weighted by Crippen LogP contribution is -2.38. The van der Waals surface area contributed by atoms with Crippen molar-refractivity contribution in [2.75, 3.05) is 18.4 Å². The number of hydrogen-bond acceptors (Lipinski definition) is 4. The topological polar surface area (TPSA) is 75.4 Å². The second-order valence-electron chi connectivity index (χ2n) is 5.32. The van der Waals surface area contributed by atoms with Gasteiger partial charge in [0.2, 0.25) is 5.91 Å². The Balaban J connectivity index is 2.02. The first-order chi connectivity index (χ1) is 11.1. The van der Waals surface area contributed by atoms with Crippen LogP contribution in [0.4, 0.5) is 5.82 Å². The molecule has 0 aliphatic carbocycles. The fraction of sp³-hybridized carbons (Fsp3) is 0.353. The fourth-order valence-electron chi connectivity index (χ4n) is 2.15. The maximum Gasteiger partial charge on any atom is 0.254 e. The molecule has 1 heterocycles. The summed E-state index contributed by atoms with van der Waals surface area (Å²) in [6.45, 7) is 4.31. The lowest BCUT2D eigenvalue weighted by molar-refractivity contribution is -0.116. The summed E-state index contributed by atoms with van der Waals surface area (Å²) in [5.41, 5.74) is 0.577. The van der Waals surface area contributed by atoms with E-state index in [0.717, 1.165) is 12.8 Å². The molecule has 2 aromatic rings. The van der Waals surface area contributed by atoms with E-state index in [9.17, 15) is 9.59 Å². The van der Waals surface area contributed by atoms with Gasteiger partial charge in [0, 0.05) is 18.2 Å². The highest BCUT2D eigenvalue weighted by atomic mass is 16.5. The molecule has 6 heteroatoms. The third-order valence-corrected chi connectivity index (χ3v) is 3.32. The van der Waals surface area contributed by atoms with Gasteiger partial charge in [-0.25, -0.2) is 0 Å². The number of nitrogens with one attached hydrogen (secondary N) is 1. The van der Waals surface area contributed by atoms with E-state index in [1.807, 2.05) is 25.1 Å². The number of aromatic nitrogens is 1. The first-order valence-corrected chi connectivity index (χ1v) is 7.67. The average molecular weight is 315 g/mol. The van der Waals surface area contributed by atoms with Crippen molar-refractivity contribution in [3.63, 3.8) is 0 Å². The van der Waals surface area contributed by atoms with E-state index in [1.54, 1.807) is 30.0 Å². The molecule has 1 N–H and O–H groups in total. The number of rotatable bonds is 7. The van der Waals surface area contributed by atoms with Crippen LogP contribution in [0.3, 0.4) is 0 Å². The molecule has 6 nitrogen and oxygen atoms in total. The van der Waals surface area contributed by atoms with Crippen molar-refractivity contribution in [3.8, 4) is 0 Å². The van der Waals surface area contributed by atoms with E-state index in [4.69, 9.17) is 4.52 Å². The van der Waals surface area contributed by atoms with E-state index in [-0.39, 0.29) is 18.4 Å². The third-order valence-electron chi connectivity index (χ3n) is 3.32. The molecular weight excluding hydrogens is 294 g/mol. The second-order valence-corrected chi connectivity index (χ2v) is 5.32. The summed E-state index contributed by atoms with van der Waals surface area (Å²) in [4.78, 5) is 26.3. The smallest absolute Gasteiger partial charge is 0.254 e. The number of benzene rings is 1. The Morgan fingerprint density at radius 1 is 1.26 bits per heavy atom. The molecule has 0 spiro atoms. The molecule has 23 heavy (non-hydrogen) atoms. The van der Waals surface area contributed by atoms with Crippen LogP contribution in [-0.4, -0.2) is 35.0 Å². The van der Waals surface area contributed by atoms with Gasteiger partial charge in [-0.05, 0) is 25.5 Å². The molecule has 2 amide bonds. The van der Waals surface area contributed by atoms with Gasteiger partial charge < -0.3 is 14.7 Å². The molecule has 2 rings (SSSR count). The third kappa shape index (κ3) is 4.95. The summed E-state index contributed by atoms with van der Waals surface area (Å²) in [5.74, 6) is 0.530. The summed E-state index contributed by atoms with van der Waals surface area (Å²) in [6, 6.07) is 10.6. The predicted octanol–water partition coefficient (Wildman–Crippen LogP) is 2.86. The van der Waals surface area contributed by atoms with Crippen molar-refractivity contribution in [1.82, 2.24) is 10.1 Å². The average Bonchev–Trinajstić information content (AvgIpc) is 2.96. The van der Waals surface area contributed by atoms with E-state index in [0.29, 0.717) is 23.7 Å². The number of hydrogen-bond donors (Lipinski definition) is 1. The van der Waals surface area contributed by atoms with Gasteiger partial charge >= 0.3 is 0 Å². The molecule has 0 aliphatic heterocycles. The Bertz CT molecular complexity index is 652. The zero-order valence-corrected chi connectivity index (χ0v) is 13.4. The minimum atomic E-state index is -0.293. The molecule has 0 unspecified atom stereocenters. The van der Waals surface area contributed by atoms with Crippen molar-refractivity contribution >= 4 is 17.6 Å². The Labute approximate surface area is 135 Å². The van der Waals surface area contributed by atoms with Crippen molar-refractivity contribution in [3.05, 3.63) is 47.7 Å². The Morgan fingerprint density at radius 3 is 2.61 bits per heavy atom. The first-order valence-electron chi connectivity index (χ1n) is 7.67. The molecule has 1 aromatic carbocycles. The largest absolute Gasteiger partial charge is 0.360 e. The first kappa shape index (κ1) is 16.7. The minimum Gasteiger partial charge on any atom is -0.360 e. The zero-order valence-electron chi connectivity index (χ0n) is 13.4. The number of carbonyl (C=O) groups is 2. The van der Waals surface area contributed by atoms with E-state index < -0.39 is 0 Å². The van der Waals surface area contributed by atoms with Gasteiger partial charge in [0.1, 0.15) is 12.3 Å². The van der Waals surface area contributed by atoms with Gasteiger partial charge in [-0.3, -0.25) is 9.59 Å². The summed E-state index contributed by atoms with van der Waals surface area (Å²) >= 11 is 0. The highest BCUT2D eigenvalue weighted by Crippen LogP contribution is 2.09. The maximum atomic E-state index is 12.6. The monoisotopic (exact) mass is 315 g/mol. The number of anilines is 1. The second kappa shape index (κ2) is 8.12. The number of unbranched alkanes of at least 4 members (excludes halogenated alkanes) is 1. The molecule has 0 fully saturated rings. The Hall–Kier alpha value is -2.63. The van der Waals surface area contributed by atoms with Crippen LogP contribution < -0.4 is 5.32 Å². The number of aryl methyl sites for hydroxylation is 1. The summed E-state index contributed by atoms with van der Waals surface area (Å²) in [7, 11) is 0. The van der Waals surface area contributed by atoms with Crippen LogP contribution >= 0.6 is 0 Å². The minimum absolute atomic E-state index is 0.0143. The molecule has 0 atom stereocenters. The zero-order chi connectivity index (χ0) is 16.7. The number of carbonyl (C=O) groups excluding carboxylic acids is 2.